The van der Waals surface area contributed by atoms with Crippen LogP contribution in [0.2, 0.25) is 0 Å². The molecule has 0 bridgehead atoms. The minimum atomic E-state index is -0.444. The van der Waals surface area contributed by atoms with E-state index in [0.717, 1.165) is 17.1 Å². The van der Waals surface area contributed by atoms with Crippen LogP contribution in [0.15, 0.2) is 92.8 Å². The van der Waals surface area contributed by atoms with E-state index in [0.29, 0.717) is 0 Å². The van der Waals surface area contributed by atoms with E-state index in [1.54, 1.807) is 23.5 Å². The molecule has 0 saturated heterocycles. The van der Waals surface area contributed by atoms with Gasteiger partial charge in [-0.15, -0.1) is 0 Å². The van der Waals surface area contributed by atoms with Gasteiger partial charge < -0.3 is 0 Å². The average molecular weight is 413 g/mol. The molecule has 2 nitrogen and oxygen atoms in total. The van der Waals surface area contributed by atoms with Gasteiger partial charge in [-0.2, -0.15) is 0 Å². The molecule has 0 atom stereocenters. The lowest BCUT2D eigenvalue weighted by Crippen LogP contribution is -2.33. The van der Waals surface area contributed by atoms with Gasteiger partial charge in [0.25, 0.3) is 0 Å². The summed E-state index contributed by atoms with van der Waals surface area (Å²) in [5.74, 6) is 0. The van der Waals surface area contributed by atoms with Crippen molar-refractivity contribution in [2.45, 2.75) is 26.3 Å². The Morgan fingerprint density at radius 2 is 1.68 bits per heavy atom. The van der Waals surface area contributed by atoms with Gasteiger partial charge in [0.05, 0.1) is 20.2 Å². The van der Waals surface area contributed by atoms with Crippen LogP contribution in [-0.2, 0) is 6.42 Å². The van der Waals surface area contributed by atoms with Crippen molar-refractivity contribution < 1.29 is 0 Å². The van der Waals surface area contributed by atoms with Crippen LogP contribution in [0.3, 0.4) is 0 Å². The fourth-order valence-corrected chi connectivity index (χ4v) is 8.06. The highest BCUT2D eigenvalue weighted by Gasteiger charge is 2.20. The molecule has 0 radical (unpaired) electrons. The molecule has 0 amide bonds. The van der Waals surface area contributed by atoms with Crippen LogP contribution < -0.4 is 10.4 Å². The van der Waals surface area contributed by atoms with Gasteiger partial charge >= 0.3 is 0 Å². The van der Waals surface area contributed by atoms with Crippen LogP contribution in [0.4, 0.5) is 0 Å². The predicted molar refractivity (Wildman–Crippen MR) is 119 cm³/mol. The van der Waals surface area contributed by atoms with E-state index in [1.807, 2.05) is 6.20 Å². The third kappa shape index (κ3) is 2.82. The van der Waals surface area contributed by atoms with E-state index >= 15 is 0 Å². The van der Waals surface area contributed by atoms with E-state index < -0.39 is 9.52 Å². The minimum absolute atomic E-state index is 0.444. The number of nitrogens with zero attached hydrogens (tertiary/aromatic N) is 2. The largest absolute Gasteiger partial charge is 0.250 e. The molecule has 134 valence electrons. The maximum absolute atomic E-state index is 5.03. The van der Waals surface area contributed by atoms with Crippen LogP contribution in [0.25, 0.3) is 11.3 Å². The van der Waals surface area contributed by atoms with Gasteiger partial charge in [0.1, 0.15) is 5.03 Å². The van der Waals surface area contributed by atoms with E-state index in [-0.39, 0.29) is 0 Å². The predicted octanol–water partition coefficient (Wildman–Crippen LogP) is 3.78. The summed E-state index contributed by atoms with van der Waals surface area (Å²) in [6.45, 7) is 0. The van der Waals surface area contributed by atoms with Gasteiger partial charge in [0.15, 0.2) is 0 Å². The van der Waals surface area contributed by atoms with Gasteiger partial charge in [-0.25, -0.2) is 9.97 Å². The van der Waals surface area contributed by atoms with Crippen molar-refractivity contribution in [3.05, 3.63) is 84.1 Å². The van der Waals surface area contributed by atoms with Crippen molar-refractivity contribution in [1.29, 1.82) is 0 Å². The van der Waals surface area contributed by atoms with Crippen molar-refractivity contribution >= 4 is 43.4 Å². The molecular weight excluding hydrogens is 396 g/mol. The molecule has 6 rings (SSSR count). The van der Waals surface area contributed by atoms with Crippen LogP contribution >= 0.6 is 23.5 Å². The lowest BCUT2D eigenvalue weighted by atomic mass is 10.0. The Balaban J connectivity index is 1.36. The van der Waals surface area contributed by atoms with Gasteiger partial charge in [0.2, 0.25) is 0 Å². The standard InChI is InChI=1S/C23H16N2S2Si/c1-2-5-18-15(4-1)12-16-7-9-17(25-22(16)26-18)14-8-10-20-19(13-14)27-23-21(28-20)6-3-11-24-23/h1-11,13H,12,28H2. The van der Waals surface area contributed by atoms with E-state index in [9.17, 15) is 0 Å². The second-order valence-corrected chi connectivity index (χ2v) is 11.1. The minimum Gasteiger partial charge on any atom is -0.250 e. The molecule has 4 aromatic rings. The first-order chi connectivity index (χ1) is 13.8. The molecule has 0 unspecified atom stereocenters. The average Bonchev–Trinajstić information content (AvgIpc) is 2.75. The summed E-state index contributed by atoms with van der Waals surface area (Å²) >= 11 is 3.59. The molecule has 4 heterocycles. The molecule has 2 aromatic carbocycles. The normalized spacial score (nSPS) is 14.7. The Morgan fingerprint density at radius 1 is 0.750 bits per heavy atom. The zero-order valence-electron chi connectivity index (χ0n) is 15.1. The summed E-state index contributed by atoms with van der Waals surface area (Å²) in [6.07, 6.45) is 2.87. The summed E-state index contributed by atoms with van der Waals surface area (Å²) in [5.41, 5.74) is 4.98. The number of rotatable bonds is 1. The highest BCUT2D eigenvalue weighted by Crippen LogP contribution is 2.39. The Kier molecular flexibility index (Phi) is 3.92. The second-order valence-electron chi connectivity index (χ2n) is 7.12. The molecule has 0 spiro atoms. The highest BCUT2D eigenvalue weighted by molar-refractivity contribution is 8.00. The van der Waals surface area contributed by atoms with Crippen molar-refractivity contribution in [2.24, 2.45) is 0 Å². The smallest absolute Gasteiger partial charge is 0.105 e. The monoisotopic (exact) mass is 412 g/mol. The maximum Gasteiger partial charge on any atom is 0.105 e. The van der Waals surface area contributed by atoms with E-state index in [4.69, 9.17) is 4.98 Å². The summed E-state index contributed by atoms with van der Waals surface area (Å²) in [5, 5.41) is 5.29. The van der Waals surface area contributed by atoms with Gasteiger partial charge in [-0.05, 0) is 45.8 Å². The van der Waals surface area contributed by atoms with Gasteiger partial charge in [-0.1, -0.05) is 66.0 Å². The number of aromatic nitrogens is 2. The SMILES string of the molecule is c1ccc2c(c1)Cc1ccc(-c3ccc4c(c3)Sc3ncccc3[SiH2]4)nc1S2. The number of hydrogen-bond acceptors (Lipinski definition) is 4. The first-order valence-electron chi connectivity index (χ1n) is 9.34. The maximum atomic E-state index is 5.03. The molecule has 0 N–H and O–H groups in total. The Hall–Kier alpha value is -2.34. The molecule has 0 aliphatic carbocycles. The quantitative estimate of drug-likeness (QED) is 0.384. The Bertz CT molecular complexity index is 1140. The molecule has 0 fully saturated rings. The number of pyridine rings is 2. The molecule has 5 heteroatoms. The van der Waals surface area contributed by atoms with Crippen molar-refractivity contribution in [3.63, 3.8) is 0 Å². The summed E-state index contributed by atoms with van der Waals surface area (Å²) < 4.78 is 0. The zero-order valence-corrected chi connectivity index (χ0v) is 18.1. The van der Waals surface area contributed by atoms with Gasteiger partial charge in [0, 0.05) is 28.0 Å². The van der Waals surface area contributed by atoms with Crippen LogP contribution in [0, 0.1) is 0 Å². The van der Waals surface area contributed by atoms with E-state index in [1.165, 1.54) is 41.9 Å². The molecule has 2 aliphatic rings. The number of hydrogen-bond donors (Lipinski definition) is 0. The Labute approximate surface area is 174 Å². The lowest BCUT2D eigenvalue weighted by Gasteiger charge is -2.20. The Morgan fingerprint density at radius 3 is 2.68 bits per heavy atom. The van der Waals surface area contributed by atoms with Crippen LogP contribution in [-0.4, -0.2) is 19.5 Å². The van der Waals surface area contributed by atoms with E-state index in [2.05, 4.69) is 71.7 Å². The third-order valence-corrected chi connectivity index (χ3v) is 10.1. The first kappa shape index (κ1) is 16.6. The van der Waals surface area contributed by atoms with Gasteiger partial charge in [-0.3, -0.25) is 0 Å². The molecular formula is C23H16N2S2Si. The molecule has 28 heavy (non-hydrogen) atoms. The summed E-state index contributed by atoms with van der Waals surface area (Å²) in [4.78, 5) is 12.3. The highest BCUT2D eigenvalue weighted by atomic mass is 32.2. The number of fused-ring (bicyclic) bond motifs is 4. The second kappa shape index (κ2) is 6.62. The third-order valence-electron chi connectivity index (χ3n) is 5.30. The lowest BCUT2D eigenvalue weighted by molar-refractivity contribution is 0.980. The molecule has 2 aliphatic heterocycles. The molecule has 2 aromatic heterocycles. The molecule has 0 saturated carbocycles. The van der Waals surface area contributed by atoms with Crippen molar-refractivity contribution in [3.8, 4) is 11.3 Å². The van der Waals surface area contributed by atoms with Crippen molar-refractivity contribution in [2.75, 3.05) is 0 Å². The fraction of sp³-hybridized carbons (Fsp3) is 0.0435. The van der Waals surface area contributed by atoms with Crippen LogP contribution in [0.1, 0.15) is 11.1 Å². The zero-order chi connectivity index (χ0) is 18.5. The van der Waals surface area contributed by atoms with Crippen LogP contribution in [0.5, 0.6) is 0 Å². The summed E-state index contributed by atoms with van der Waals surface area (Å²) in [6, 6.07) is 24.2. The first-order valence-corrected chi connectivity index (χ1v) is 12.4. The topological polar surface area (TPSA) is 25.8 Å². The summed E-state index contributed by atoms with van der Waals surface area (Å²) in [7, 11) is -0.444. The van der Waals surface area contributed by atoms with Crippen molar-refractivity contribution in [1.82, 2.24) is 9.97 Å². The fourth-order valence-electron chi connectivity index (χ4n) is 3.83. The number of benzene rings is 2.